The van der Waals surface area contributed by atoms with Crippen LogP contribution in [0.4, 0.5) is 4.39 Å². The highest BCUT2D eigenvalue weighted by molar-refractivity contribution is 5.35. The van der Waals surface area contributed by atoms with Crippen LogP contribution in [0.3, 0.4) is 0 Å². The molecule has 17 heavy (non-hydrogen) atoms. The molecule has 0 bridgehead atoms. The molecule has 0 radical (unpaired) electrons. The summed E-state index contributed by atoms with van der Waals surface area (Å²) in [6.07, 6.45) is 4.56. The summed E-state index contributed by atoms with van der Waals surface area (Å²) in [5, 5.41) is 3.21. The first-order valence-corrected chi connectivity index (χ1v) is 6.63. The van der Waals surface area contributed by atoms with Gasteiger partial charge in [0.1, 0.15) is 5.67 Å². The van der Waals surface area contributed by atoms with Crippen LogP contribution in [0, 0.1) is 0 Å². The van der Waals surface area contributed by atoms with Crippen LogP contribution in [0.1, 0.15) is 56.2 Å². The van der Waals surface area contributed by atoms with E-state index in [2.05, 4.69) is 12.2 Å². The third kappa shape index (κ3) is 2.52. The Morgan fingerprint density at radius 2 is 1.82 bits per heavy atom. The Kier molecular flexibility index (Phi) is 3.82. The molecule has 1 aromatic carbocycles. The fourth-order valence-corrected chi connectivity index (χ4v) is 2.82. The lowest BCUT2D eigenvalue weighted by molar-refractivity contribution is 0.104. The number of halogens is 1. The average Bonchev–Trinajstić information content (AvgIpc) is 2.39. The Morgan fingerprint density at radius 3 is 2.47 bits per heavy atom. The number of alkyl halides is 1. The van der Waals surface area contributed by atoms with Crippen molar-refractivity contribution in [3.05, 3.63) is 35.4 Å². The second-order valence-electron chi connectivity index (χ2n) is 5.12. The summed E-state index contributed by atoms with van der Waals surface area (Å²) < 4.78 is 15.0. The van der Waals surface area contributed by atoms with Gasteiger partial charge in [0.15, 0.2) is 0 Å². The molecular weight excluding hydrogens is 213 g/mol. The number of hydrogen-bond acceptors (Lipinski definition) is 1. The van der Waals surface area contributed by atoms with Crippen LogP contribution >= 0.6 is 0 Å². The summed E-state index contributed by atoms with van der Waals surface area (Å²) in [6, 6.07) is 8.18. The van der Waals surface area contributed by atoms with Crippen molar-refractivity contribution >= 4 is 0 Å². The van der Waals surface area contributed by atoms with Crippen LogP contribution < -0.4 is 5.32 Å². The summed E-state index contributed by atoms with van der Waals surface area (Å²) in [5.41, 5.74) is 0.918. The molecule has 0 saturated heterocycles. The molecule has 2 rings (SSSR count). The third-order valence-corrected chi connectivity index (χ3v) is 3.99. The second-order valence-corrected chi connectivity index (χ2v) is 5.12. The Hall–Kier alpha value is -0.890. The van der Waals surface area contributed by atoms with Gasteiger partial charge in [-0.15, -0.1) is 0 Å². The smallest absolute Gasteiger partial charge is 0.136 e. The molecule has 1 aliphatic carbocycles. The minimum absolute atomic E-state index is 0.209. The van der Waals surface area contributed by atoms with E-state index in [0.29, 0.717) is 12.8 Å². The van der Waals surface area contributed by atoms with E-state index in [4.69, 9.17) is 0 Å². The first-order chi connectivity index (χ1) is 8.17. The van der Waals surface area contributed by atoms with E-state index in [9.17, 15) is 0 Å². The number of hydrogen-bond donors (Lipinski definition) is 1. The molecule has 1 aliphatic rings. The molecule has 1 unspecified atom stereocenters. The Morgan fingerprint density at radius 1 is 1.18 bits per heavy atom. The van der Waals surface area contributed by atoms with Crippen LogP contribution in [-0.4, -0.2) is 7.05 Å². The van der Waals surface area contributed by atoms with Gasteiger partial charge in [0.05, 0.1) is 0 Å². The molecule has 1 saturated carbocycles. The molecule has 0 heterocycles. The van der Waals surface area contributed by atoms with Crippen LogP contribution in [0.5, 0.6) is 0 Å². The van der Waals surface area contributed by atoms with E-state index >= 15 is 4.39 Å². The maximum absolute atomic E-state index is 15.0. The van der Waals surface area contributed by atoms with Crippen LogP contribution in [0.2, 0.25) is 0 Å². The topological polar surface area (TPSA) is 12.0 Å². The van der Waals surface area contributed by atoms with E-state index < -0.39 is 5.67 Å². The molecule has 0 spiro atoms. The highest BCUT2D eigenvalue weighted by Crippen LogP contribution is 2.43. The molecule has 1 fully saturated rings. The highest BCUT2D eigenvalue weighted by atomic mass is 19.1. The van der Waals surface area contributed by atoms with Crippen LogP contribution in [0.25, 0.3) is 0 Å². The van der Waals surface area contributed by atoms with Crippen molar-refractivity contribution < 1.29 is 4.39 Å². The zero-order valence-electron chi connectivity index (χ0n) is 10.8. The minimum atomic E-state index is -1.10. The molecule has 94 valence electrons. The summed E-state index contributed by atoms with van der Waals surface area (Å²) in [6.45, 7) is 2.09. The van der Waals surface area contributed by atoms with E-state index in [1.54, 1.807) is 0 Å². The fourth-order valence-electron chi connectivity index (χ4n) is 2.82. The highest BCUT2D eigenvalue weighted by Gasteiger charge is 2.35. The second kappa shape index (κ2) is 5.18. The van der Waals surface area contributed by atoms with Crippen molar-refractivity contribution in [2.45, 2.75) is 50.7 Å². The SMILES string of the molecule is CNC(C)c1ccccc1C1(F)CCCCC1. The molecule has 0 amide bonds. The lowest BCUT2D eigenvalue weighted by Crippen LogP contribution is -2.27. The standard InChI is InChI=1S/C15H22FN/c1-12(17-2)13-8-4-5-9-14(13)15(16)10-6-3-7-11-15/h4-5,8-9,12,17H,3,6-7,10-11H2,1-2H3. The quantitative estimate of drug-likeness (QED) is 0.832. The molecule has 0 aromatic heterocycles. The summed E-state index contributed by atoms with van der Waals surface area (Å²) >= 11 is 0. The Labute approximate surface area is 103 Å². The molecule has 1 atom stereocenters. The monoisotopic (exact) mass is 235 g/mol. The normalized spacial score (nSPS) is 21.1. The maximum atomic E-state index is 15.0. The summed E-state index contributed by atoms with van der Waals surface area (Å²) in [7, 11) is 1.92. The first-order valence-electron chi connectivity index (χ1n) is 6.63. The zero-order valence-corrected chi connectivity index (χ0v) is 10.8. The van der Waals surface area contributed by atoms with E-state index in [0.717, 1.165) is 24.0 Å². The van der Waals surface area contributed by atoms with Crippen molar-refractivity contribution in [1.82, 2.24) is 5.32 Å². The molecule has 1 aromatic rings. The Bertz CT molecular complexity index is 369. The molecular formula is C15H22FN. The van der Waals surface area contributed by atoms with Crippen molar-refractivity contribution in [2.75, 3.05) is 7.05 Å². The van der Waals surface area contributed by atoms with Crippen molar-refractivity contribution in [1.29, 1.82) is 0 Å². The van der Waals surface area contributed by atoms with E-state index in [1.807, 2.05) is 31.3 Å². The maximum Gasteiger partial charge on any atom is 0.136 e. The van der Waals surface area contributed by atoms with Gasteiger partial charge in [0.25, 0.3) is 0 Å². The summed E-state index contributed by atoms with van der Waals surface area (Å²) in [4.78, 5) is 0. The number of benzene rings is 1. The fraction of sp³-hybridized carbons (Fsp3) is 0.600. The molecule has 1 N–H and O–H groups in total. The van der Waals surface area contributed by atoms with Gasteiger partial charge in [0, 0.05) is 6.04 Å². The average molecular weight is 235 g/mol. The van der Waals surface area contributed by atoms with Crippen molar-refractivity contribution in [3.8, 4) is 0 Å². The molecule has 0 aliphatic heterocycles. The number of nitrogens with one attached hydrogen (secondary N) is 1. The zero-order chi connectivity index (χ0) is 12.3. The van der Waals surface area contributed by atoms with Gasteiger partial charge in [-0.25, -0.2) is 4.39 Å². The van der Waals surface area contributed by atoms with Crippen molar-refractivity contribution in [3.63, 3.8) is 0 Å². The lowest BCUT2D eigenvalue weighted by atomic mass is 9.78. The largest absolute Gasteiger partial charge is 0.313 e. The molecule has 1 nitrogen and oxygen atoms in total. The van der Waals surface area contributed by atoms with Crippen LogP contribution in [-0.2, 0) is 5.67 Å². The van der Waals surface area contributed by atoms with E-state index in [1.165, 1.54) is 6.42 Å². The predicted octanol–water partition coefficient (Wildman–Crippen LogP) is 4.10. The van der Waals surface area contributed by atoms with Gasteiger partial charge in [0.2, 0.25) is 0 Å². The third-order valence-electron chi connectivity index (χ3n) is 3.99. The molecule has 2 heteroatoms. The van der Waals surface area contributed by atoms with Gasteiger partial charge in [-0.3, -0.25) is 0 Å². The Balaban J connectivity index is 2.36. The van der Waals surface area contributed by atoms with Gasteiger partial charge in [-0.1, -0.05) is 30.7 Å². The van der Waals surface area contributed by atoms with E-state index in [-0.39, 0.29) is 6.04 Å². The minimum Gasteiger partial charge on any atom is -0.313 e. The van der Waals surface area contributed by atoms with Gasteiger partial charge >= 0.3 is 0 Å². The first kappa shape index (κ1) is 12.6. The van der Waals surface area contributed by atoms with Gasteiger partial charge in [-0.2, -0.15) is 0 Å². The number of rotatable bonds is 3. The van der Waals surface area contributed by atoms with Gasteiger partial charge < -0.3 is 5.32 Å². The van der Waals surface area contributed by atoms with Gasteiger partial charge in [-0.05, 0) is 50.8 Å². The lowest BCUT2D eigenvalue weighted by Gasteiger charge is -2.32. The predicted molar refractivity (Wildman–Crippen MR) is 69.8 cm³/mol. The van der Waals surface area contributed by atoms with Crippen molar-refractivity contribution in [2.24, 2.45) is 0 Å². The van der Waals surface area contributed by atoms with Crippen LogP contribution in [0.15, 0.2) is 24.3 Å². The summed E-state index contributed by atoms with van der Waals surface area (Å²) in [5.74, 6) is 0.